The van der Waals surface area contributed by atoms with Crippen LogP contribution in [0.4, 0.5) is 0 Å². The number of rotatable bonds is 6. The van der Waals surface area contributed by atoms with Gasteiger partial charge in [0.25, 0.3) is 0 Å². The molecule has 2 nitrogen and oxygen atoms in total. The molecule has 1 N–H and O–H groups in total. The molecule has 14 heavy (non-hydrogen) atoms. The van der Waals surface area contributed by atoms with E-state index >= 15 is 0 Å². The van der Waals surface area contributed by atoms with Gasteiger partial charge in [0.2, 0.25) is 5.91 Å². The lowest BCUT2D eigenvalue weighted by Gasteiger charge is -2.24. The van der Waals surface area contributed by atoms with Crippen LogP contribution in [-0.2, 0) is 4.79 Å². The van der Waals surface area contributed by atoms with Crippen molar-refractivity contribution in [2.45, 2.75) is 47.5 Å². The zero-order valence-electron chi connectivity index (χ0n) is 10.3. The normalized spacial score (nSPS) is 11.4. The molecule has 0 heterocycles. The molecule has 0 aliphatic heterocycles. The number of carbonyl (C=O) groups excluding carboxylic acids is 1. The maximum atomic E-state index is 11.3. The summed E-state index contributed by atoms with van der Waals surface area (Å²) in [4.78, 5) is 11.3. The van der Waals surface area contributed by atoms with Gasteiger partial charge in [-0.15, -0.1) is 0 Å². The first-order valence-corrected chi connectivity index (χ1v) is 5.75. The van der Waals surface area contributed by atoms with Crippen LogP contribution in [0.5, 0.6) is 0 Å². The van der Waals surface area contributed by atoms with Gasteiger partial charge >= 0.3 is 0 Å². The molecule has 0 atom stereocenters. The van der Waals surface area contributed by atoms with Gasteiger partial charge in [0, 0.05) is 13.0 Å². The van der Waals surface area contributed by atoms with E-state index in [0.29, 0.717) is 24.2 Å². The highest BCUT2D eigenvalue weighted by Crippen LogP contribution is 2.25. The van der Waals surface area contributed by atoms with Crippen molar-refractivity contribution >= 4 is 5.91 Å². The fourth-order valence-electron chi connectivity index (χ4n) is 2.02. The minimum atomic E-state index is 0.193. The minimum absolute atomic E-state index is 0.193. The van der Waals surface area contributed by atoms with Crippen LogP contribution in [0.2, 0.25) is 0 Å². The fraction of sp³-hybridized carbons (Fsp3) is 0.917. The Bertz CT molecular complexity index is 156. The highest BCUT2D eigenvalue weighted by Gasteiger charge is 2.18. The van der Waals surface area contributed by atoms with Crippen LogP contribution in [-0.4, -0.2) is 12.5 Å². The van der Waals surface area contributed by atoms with E-state index in [1.165, 1.54) is 0 Å². The molecule has 0 saturated carbocycles. The average molecular weight is 199 g/mol. The predicted molar refractivity (Wildman–Crippen MR) is 61.1 cm³/mol. The topological polar surface area (TPSA) is 29.1 Å². The maximum Gasteiger partial charge on any atom is 0.219 e. The third kappa shape index (κ3) is 5.25. The van der Waals surface area contributed by atoms with Gasteiger partial charge in [0.15, 0.2) is 0 Å². The Morgan fingerprint density at radius 3 is 2.00 bits per heavy atom. The highest BCUT2D eigenvalue weighted by atomic mass is 16.1. The molecule has 0 saturated heterocycles. The van der Waals surface area contributed by atoms with Gasteiger partial charge in [-0.05, 0) is 31.1 Å². The van der Waals surface area contributed by atoms with Crippen molar-refractivity contribution in [3.8, 4) is 0 Å². The molecule has 0 aromatic carbocycles. The standard InChI is InChI=1S/C12H25NO/c1-6-13-12(14)8-7-11(9(2)3)10(4)5/h9-11H,6-8H2,1-5H3,(H,13,14). The molecule has 0 spiro atoms. The first kappa shape index (κ1) is 13.5. The summed E-state index contributed by atoms with van der Waals surface area (Å²) in [7, 11) is 0. The summed E-state index contributed by atoms with van der Waals surface area (Å²) in [5.74, 6) is 2.20. The minimum Gasteiger partial charge on any atom is -0.356 e. The van der Waals surface area contributed by atoms with Gasteiger partial charge < -0.3 is 5.32 Å². The molecule has 1 amide bonds. The van der Waals surface area contributed by atoms with Crippen LogP contribution in [0.3, 0.4) is 0 Å². The molecule has 0 aliphatic rings. The Morgan fingerprint density at radius 2 is 1.64 bits per heavy atom. The van der Waals surface area contributed by atoms with Gasteiger partial charge in [-0.2, -0.15) is 0 Å². The molecule has 0 aromatic heterocycles. The molecule has 0 rings (SSSR count). The first-order chi connectivity index (χ1) is 6.49. The van der Waals surface area contributed by atoms with Crippen LogP contribution in [0.15, 0.2) is 0 Å². The van der Waals surface area contributed by atoms with E-state index in [4.69, 9.17) is 0 Å². The smallest absolute Gasteiger partial charge is 0.219 e. The summed E-state index contributed by atoms with van der Waals surface area (Å²) in [5.41, 5.74) is 0. The van der Waals surface area contributed by atoms with Crippen molar-refractivity contribution in [3.63, 3.8) is 0 Å². The van der Waals surface area contributed by atoms with E-state index in [-0.39, 0.29) is 5.91 Å². The van der Waals surface area contributed by atoms with Gasteiger partial charge in [-0.3, -0.25) is 4.79 Å². The third-order valence-corrected chi connectivity index (χ3v) is 2.79. The molecule has 0 fully saturated rings. The van der Waals surface area contributed by atoms with E-state index in [2.05, 4.69) is 33.0 Å². The molecule has 0 aliphatic carbocycles. The van der Waals surface area contributed by atoms with Crippen LogP contribution in [0.1, 0.15) is 47.5 Å². The van der Waals surface area contributed by atoms with Crippen LogP contribution in [0, 0.1) is 17.8 Å². The summed E-state index contributed by atoms with van der Waals surface area (Å²) < 4.78 is 0. The van der Waals surface area contributed by atoms with Crippen molar-refractivity contribution in [1.29, 1.82) is 0 Å². The second-order valence-corrected chi connectivity index (χ2v) is 4.64. The number of nitrogens with one attached hydrogen (secondary N) is 1. The summed E-state index contributed by atoms with van der Waals surface area (Å²) in [5, 5.41) is 2.84. The monoisotopic (exact) mass is 199 g/mol. The number of hydrogen-bond acceptors (Lipinski definition) is 1. The van der Waals surface area contributed by atoms with E-state index in [1.54, 1.807) is 0 Å². The van der Waals surface area contributed by atoms with Gasteiger partial charge in [0.05, 0.1) is 0 Å². The lowest BCUT2D eigenvalue weighted by atomic mass is 9.82. The third-order valence-electron chi connectivity index (χ3n) is 2.79. The lowest BCUT2D eigenvalue weighted by Crippen LogP contribution is -2.25. The zero-order valence-corrected chi connectivity index (χ0v) is 10.3. The highest BCUT2D eigenvalue weighted by molar-refractivity contribution is 5.75. The van der Waals surface area contributed by atoms with E-state index in [9.17, 15) is 4.79 Å². The molecular formula is C12H25NO. The summed E-state index contributed by atoms with van der Waals surface area (Å²) in [6, 6.07) is 0. The van der Waals surface area contributed by atoms with E-state index in [1.807, 2.05) is 6.92 Å². The molecular weight excluding hydrogens is 174 g/mol. The summed E-state index contributed by atoms with van der Waals surface area (Å²) in [6.07, 6.45) is 1.69. The maximum absolute atomic E-state index is 11.3. The molecule has 0 unspecified atom stereocenters. The van der Waals surface area contributed by atoms with Gasteiger partial charge in [-0.25, -0.2) is 0 Å². The second kappa shape index (κ2) is 6.86. The van der Waals surface area contributed by atoms with E-state index in [0.717, 1.165) is 13.0 Å². The average Bonchev–Trinajstić information content (AvgIpc) is 2.03. The summed E-state index contributed by atoms with van der Waals surface area (Å²) in [6.45, 7) is 11.7. The fourth-order valence-corrected chi connectivity index (χ4v) is 2.02. The van der Waals surface area contributed by atoms with Crippen molar-refractivity contribution in [2.75, 3.05) is 6.54 Å². The largest absolute Gasteiger partial charge is 0.356 e. The van der Waals surface area contributed by atoms with Crippen LogP contribution < -0.4 is 5.32 Å². The van der Waals surface area contributed by atoms with Crippen LogP contribution >= 0.6 is 0 Å². The summed E-state index contributed by atoms with van der Waals surface area (Å²) >= 11 is 0. The molecule has 0 bridgehead atoms. The molecule has 0 aromatic rings. The first-order valence-electron chi connectivity index (χ1n) is 5.75. The number of amides is 1. The Labute approximate surface area is 88.5 Å². The zero-order chi connectivity index (χ0) is 11.1. The Kier molecular flexibility index (Phi) is 6.60. The molecule has 0 radical (unpaired) electrons. The number of carbonyl (C=O) groups is 1. The molecule has 2 heteroatoms. The quantitative estimate of drug-likeness (QED) is 0.700. The van der Waals surface area contributed by atoms with Crippen LogP contribution in [0.25, 0.3) is 0 Å². The van der Waals surface area contributed by atoms with Crippen molar-refractivity contribution in [2.24, 2.45) is 17.8 Å². The van der Waals surface area contributed by atoms with Crippen molar-refractivity contribution in [3.05, 3.63) is 0 Å². The van der Waals surface area contributed by atoms with E-state index < -0.39 is 0 Å². The van der Waals surface area contributed by atoms with Crippen molar-refractivity contribution in [1.82, 2.24) is 5.32 Å². The lowest BCUT2D eigenvalue weighted by molar-refractivity contribution is -0.121. The SMILES string of the molecule is CCNC(=O)CCC(C(C)C)C(C)C. The van der Waals surface area contributed by atoms with Gasteiger partial charge in [-0.1, -0.05) is 27.7 Å². The second-order valence-electron chi connectivity index (χ2n) is 4.64. The Hall–Kier alpha value is -0.530. The predicted octanol–water partition coefficient (Wildman–Crippen LogP) is 2.83. The van der Waals surface area contributed by atoms with Gasteiger partial charge in [0.1, 0.15) is 0 Å². The number of hydrogen-bond donors (Lipinski definition) is 1. The Morgan fingerprint density at radius 1 is 1.14 bits per heavy atom. The Balaban J connectivity index is 3.88. The van der Waals surface area contributed by atoms with Crippen molar-refractivity contribution < 1.29 is 4.79 Å². The molecule has 84 valence electrons.